The zero-order chi connectivity index (χ0) is 10.7. The van der Waals surface area contributed by atoms with Gasteiger partial charge in [0.2, 0.25) is 0 Å². The Labute approximate surface area is 91.8 Å². The molecule has 0 unspecified atom stereocenters. The molecule has 0 saturated carbocycles. The fraction of sp³-hybridized carbons (Fsp3) is 0.100. The molecule has 0 bridgehead atoms. The highest BCUT2D eigenvalue weighted by Gasteiger charge is 2.13. The minimum absolute atomic E-state index is 0.0756. The Balaban J connectivity index is 3.21. The summed E-state index contributed by atoms with van der Waals surface area (Å²) in [7, 11) is 0. The van der Waals surface area contributed by atoms with Crippen LogP contribution in [0.4, 0.5) is 0 Å². The molecule has 0 amide bonds. The minimum atomic E-state index is -1.13. The summed E-state index contributed by atoms with van der Waals surface area (Å²) in [6, 6.07) is 6.94. The molecule has 0 spiro atoms. The molecule has 0 heterocycles. The van der Waals surface area contributed by atoms with Gasteiger partial charge in [0.15, 0.2) is 0 Å². The first-order chi connectivity index (χ1) is 6.52. The van der Waals surface area contributed by atoms with Gasteiger partial charge in [0.05, 0.1) is 5.57 Å². The van der Waals surface area contributed by atoms with E-state index in [9.17, 15) is 4.79 Å². The molecule has 1 rings (SSSR count). The number of carboxylic acid groups (broad SMARTS) is 1. The quantitative estimate of drug-likeness (QED) is 0.793. The lowest BCUT2D eigenvalue weighted by atomic mass is 10.1. The molecule has 0 aliphatic heterocycles. The molecule has 0 fully saturated rings. The molecule has 14 heavy (non-hydrogen) atoms. The Morgan fingerprint density at radius 1 is 1.21 bits per heavy atom. The number of hydrogen-bond donors (Lipinski definition) is 1. The van der Waals surface area contributed by atoms with Crippen LogP contribution in [0.1, 0.15) is 11.1 Å². The monoisotopic (exact) mass is 230 g/mol. The molecule has 74 valence electrons. The summed E-state index contributed by atoms with van der Waals surface area (Å²) in [6.07, 6.45) is 0. The van der Waals surface area contributed by atoms with Crippen LogP contribution >= 0.6 is 23.2 Å². The van der Waals surface area contributed by atoms with Crippen LogP contribution in [0, 0.1) is 6.92 Å². The highest BCUT2D eigenvalue weighted by atomic mass is 35.5. The van der Waals surface area contributed by atoms with E-state index >= 15 is 0 Å². The lowest BCUT2D eigenvalue weighted by molar-refractivity contribution is -0.130. The largest absolute Gasteiger partial charge is 0.478 e. The van der Waals surface area contributed by atoms with Crippen LogP contribution in [0.15, 0.2) is 28.8 Å². The second kappa shape index (κ2) is 4.49. The minimum Gasteiger partial charge on any atom is -0.478 e. The number of rotatable bonds is 2. The van der Waals surface area contributed by atoms with Gasteiger partial charge in [-0.3, -0.25) is 0 Å². The van der Waals surface area contributed by atoms with Crippen molar-refractivity contribution in [2.24, 2.45) is 0 Å². The Morgan fingerprint density at radius 3 is 2.07 bits per heavy atom. The average Bonchev–Trinajstić information content (AvgIpc) is 2.07. The highest BCUT2D eigenvalue weighted by molar-refractivity contribution is 6.61. The molecule has 0 aliphatic carbocycles. The topological polar surface area (TPSA) is 37.3 Å². The maximum atomic E-state index is 10.8. The van der Waals surface area contributed by atoms with Crippen molar-refractivity contribution in [3.8, 4) is 0 Å². The van der Waals surface area contributed by atoms with Crippen LogP contribution in [-0.4, -0.2) is 11.1 Å². The molecule has 0 aromatic heterocycles. The van der Waals surface area contributed by atoms with Crippen LogP contribution in [0.3, 0.4) is 0 Å². The van der Waals surface area contributed by atoms with E-state index < -0.39 is 5.97 Å². The predicted octanol–water partition coefficient (Wildman–Crippen LogP) is 3.23. The number of hydrogen-bond acceptors (Lipinski definition) is 1. The van der Waals surface area contributed by atoms with Gasteiger partial charge < -0.3 is 5.11 Å². The number of aryl methyl sites for hydroxylation is 1. The Morgan fingerprint density at radius 2 is 1.71 bits per heavy atom. The van der Waals surface area contributed by atoms with Crippen molar-refractivity contribution in [3.63, 3.8) is 0 Å². The molecule has 0 atom stereocenters. The van der Waals surface area contributed by atoms with Crippen molar-refractivity contribution < 1.29 is 9.90 Å². The van der Waals surface area contributed by atoms with Crippen LogP contribution in [0.5, 0.6) is 0 Å². The summed E-state index contributed by atoms with van der Waals surface area (Å²) in [5, 5.41) is 8.84. The summed E-state index contributed by atoms with van der Waals surface area (Å²) in [5.41, 5.74) is 1.47. The number of halogens is 2. The normalized spacial score (nSPS) is 9.64. The fourth-order valence-electron chi connectivity index (χ4n) is 1.03. The van der Waals surface area contributed by atoms with Gasteiger partial charge in [0.25, 0.3) is 0 Å². The van der Waals surface area contributed by atoms with Gasteiger partial charge in [0, 0.05) is 0 Å². The first-order valence-corrected chi connectivity index (χ1v) is 4.63. The molecule has 1 N–H and O–H groups in total. The first-order valence-electron chi connectivity index (χ1n) is 3.88. The average molecular weight is 231 g/mol. The number of carboxylic acids is 1. The Hall–Kier alpha value is -0.990. The van der Waals surface area contributed by atoms with E-state index in [1.807, 2.05) is 6.92 Å². The summed E-state index contributed by atoms with van der Waals surface area (Å²) in [6.45, 7) is 1.91. The molecule has 1 aromatic rings. The fourth-order valence-corrected chi connectivity index (χ4v) is 1.41. The van der Waals surface area contributed by atoms with E-state index in [-0.39, 0.29) is 10.1 Å². The third-order valence-electron chi connectivity index (χ3n) is 1.74. The van der Waals surface area contributed by atoms with Crippen molar-refractivity contribution in [2.45, 2.75) is 6.92 Å². The van der Waals surface area contributed by atoms with Crippen molar-refractivity contribution in [1.29, 1.82) is 0 Å². The summed E-state index contributed by atoms with van der Waals surface area (Å²) < 4.78 is -0.235. The van der Waals surface area contributed by atoms with Crippen LogP contribution in [0.2, 0.25) is 0 Å². The van der Waals surface area contributed by atoms with Crippen LogP contribution in [0.25, 0.3) is 5.57 Å². The molecule has 0 saturated heterocycles. The van der Waals surface area contributed by atoms with Crippen LogP contribution in [-0.2, 0) is 4.79 Å². The molecular formula is C10H8Cl2O2. The summed E-state index contributed by atoms with van der Waals surface area (Å²) in [5.74, 6) is -1.13. The third kappa shape index (κ3) is 2.50. The molecule has 4 heteroatoms. The Bertz CT molecular complexity index is 376. The molecule has 0 radical (unpaired) electrons. The highest BCUT2D eigenvalue weighted by Crippen LogP contribution is 2.24. The zero-order valence-corrected chi connectivity index (χ0v) is 8.93. The second-order valence-electron chi connectivity index (χ2n) is 2.81. The lowest BCUT2D eigenvalue weighted by Gasteiger charge is -2.02. The van der Waals surface area contributed by atoms with E-state index in [0.29, 0.717) is 5.56 Å². The van der Waals surface area contributed by atoms with Gasteiger partial charge in [-0.25, -0.2) is 4.79 Å². The van der Waals surface area contributed by atoms with Crippen molar-refractivity contribution in [2.75, 3.05) is 0 Å². The lowest BCUT2D eigenvalue weighted by Crippen LogP contribution is -2.00. The van der Waals surface area contributed by atoms with Crippen LogP contribution < -0.4 is 0 Å². The number of carbonyl (C=O) groups is 1. The molecule has 1 aromatic carbocycles. The number of aliphatic carboxylic acids is 1. The predicted molar refractivity (Wildman–Crippen MR) is 57.4 cm³/mol. The maximum Gasteiger partial charge on any atom is 0.338 e. The van der Waals surface area contributed by atoms with Gasteiger partial charge >= 0.3 is 5.97 Å². The summed E-state index contributed by atoms with van der Waals surface area (Å²) >= 11 is 11.0. The third-order valence-corrected chi connectivity index (χ3v) is 2.12. The second-order valence-corrected chi connectivity index (χ2v) is 3.76. The van der Waals surface area contributed by atoms with E-state index in [0.717, 1.165) is 5.56 Å². The van der Waals surface area contributed by atoms with E-state index in [1.165, 1.54) is 0 Å². The van der Waals surface area contributed by atoms with Gasteiger partial charge in [-0.2, -0.15) is 0 Å². The molecule has 0 aliphatic rings. The smallest absolute Gasteiger partial charge is 0.338 e. The first kappa shape index (κ1) is 11.1. The maximum absolute atomic E-state index is 10.8. The van der Waals surface area contributed by atoms with E-state index in [1.54, 1.807) is 24.3 Å². The standard InChI is InChI=1S/C10H8Cl2O2/c1-6-2-4-7(5-3-6)8(9(11)12)10(13)14/h2-5H,1H3,(H,13,14). The van der Waals surface area contributed by atoms with Gasteiger partial charge in [-0.1, -0.05) is 53.0 Å². The van der Waals surface area contributed by atoms with Crippen molar-refractivity contribution in [3.05, 3.63) is 39.9 Å². The summed E-state index contributed by atoms with van der Waals surface area (Å²) in [4.78, 5) is 10.8. The van der Waals surface area contributed by atoms with E-state index in [4.69, 9.17) is 28.3 Å². The van der Waals surface area contributed by atoms with Crippen molar-refractivity contribution >= 4 is 34.7 Å². The SMILES string of the molecule is Cc1ccc(C(C(=O)O)=C(Cl)Cl)cc1. The molecule has 2 nitrogen and oxygen atoms in total. The Kier molecular flexibility index (Phi) is 3.55. The van der Waals surface area contributed by atoms with E-state index in [2.05, 4.69) is 0 Å². The van der Waals surface area contributed by atoms with Gasteiger partial charge in [-0.05, 0) is 12.5 Å². The van der Waals surface area contributed by atoms with Gasteiger partial charge in [0.1, 0.15) is 4.49 Å². The van der Waals surface area contributed by atoms with Gasteiger partial charge in [-0.15, -0.1) is 0 Å². The number of benzene rings is 1. The van der Waals surface area contributed by atoms with Crippen molar-refractivity contribution in [1.82, 2.24) is 0 Å². The molecular weight excluding hydrogens is 223 g/mol. The zero-order valence-electron chi connectivity index (χ0n) is 7.42.